The van der Waals surface area contributed by atoms with Crippen molar-refractivity contribution >= 4 is 22.8 Å². The van der Waals surface area contributed by atoms with Gasteiger partial charge in [-0.15, -0.1) is 0 Å². The molecule has 1 aromatic carbocycles. The van der Waals surface area contributed by atoms with Crippen LogP contribution in [0, 0.1) is 0 Å². The number of amides is 1. The summed E-state index contributed by atoms with van der Waals surface area (Å²) in [6.45, 7) is 0.690. The zero-order chi connectivity index (χ0) is 17.8. The molecular formula is C17H19N3O5. The zero-order valence-corrected chi connectivity index (χ0v) is 13.6. The molecule has 2 N–H and O–H groups in total. The molecule has 0 radical (unpaired) electrons. The van der Waals surface area contributed by atoms with Crippen LogP contribution in [0.2, 0.25) is 0 Å². The Morgan fingerprint density at radius 3 is 2.96 bits per heavy atom. The Hall–Kier alpha value is -2.74. The van der Waals surface area contributed by atoms with Crippen molar-refractivity contribution in [1.82, 2.24) is 14.9 Å². The predicted octanol–water partition coefficient (Wildman–Crippen LogP) is 0.558. The predicted molar refractivity (Wildman–Crippen MR) is 89.3 cm³/mol. The van der Waals surface area contributed by atoms with Crippen molar-refractivity contribution < 1.29 is 19.4 Å². The van der Waals surface area contributed by atoms with Crippen LogP contribution in [0.15, 0.2) is 29.1 Å². The molecular weight excluding hydrogens is 326 g/mol. The van der Waals surface area contributed by atoms with E-state index in [-0.39, 0.29) is 31.0 Å². The maximum Gasteiger partial charge on any atom is 0.334 e. The van der Waals surface area contributed by atoms with Gasteiger partial charge < -0.3 is 19.7 Å². The molecule has 8 heteroatoms. The highest BCUT2D eigenvalue weighted by atomic mass is 16.5. The highest BCUT2D eigenvalue weighted by Gasteiger charge is 2.28. The number of aryl methyl sites for hydroxylation is 1. The lowest BCUT2D eigenvalue weighted by molar-refractivity contribution is -0.159. The van der Waals surface area contributed by atoms with Gasteiger partial charge >= 0.3 is 5.97 Å². The second-order valence-corrected chi connectivity index (χ2v) is 5.92. The number of aromatic amines is 1. The second kappa shape index (κ2) is 7.43. The Kier molecular flexibility index (Phi) is 5.08. The van der Waals surface area contributed by atoms with Crippen LogP contribution < -0.4 is 5.56 Å². The van der Waals surface area contributed by atoms with Crippen LogP contribution in [0.4, 0.5) is 0 Å². The average Bonchev–Trinajstić information content (AvgIpc) is 2.62. The van der Waals surface area contributed by atoms with Crippen LogP contribution in [0.1, 0.15) is 18.7 Å². The molecule has 1 saturated heterocycles. The van der Waals surface area contributed by atoms with E-state index in [4.69, 9.17) is 9.84 Å². The molecule has 0 saturated carbocycles. The molecule has 0 aliphatic carbocycles. The minimum absolute atomic E-state index is 0.0687. The lowest BCUT2D eigenvalue weighted by Crippen LogP contribution is -2.48. The third-order valence-electron chi connectivity index (χ3n) is 4.16. The molecule has 1 atom stereocenters. The molecule has 1 aliphatic rings. The molecule has 0 spiro atoms. The Bertz CT molecular complexity index is 848. The summed E-state index contributed by atoms with van der Waals surface area (Å²) < 4.78 is 5.10. The average molecular weight is 345 g/mol. The second-order valence-electron chi connectivity index (χ2n) is 5.92. The number of ether oxygens (including phenoxy) is 1. The summed E-state index contributed by atoms with van der Waals surface area (Å²) in [4.78, 5) is 43.8. The molecule has 1 unspecified atom stereocenters. The number of hydrogen-bond donors (Lipinski definition) is 2. The van der Waals surface area contributed by atoms with Gasteiger partial charge in [0.05, 0.1) is 24.1 Å². The van der Waals surface area contributed by atoms with Crippen molar-refractivity contribution in [2.75, 3.05) is 19.7 Å². The van der Waals surface area contributed by atoms with Crippen molar-refractivity contribution in [3.63, 3.8) is 0 Å². The highest BCUT2D eigenvalue weighted by molar-refractivity contribution is 5.79. The minimum atomic E-state index is -1.06. The Balaban J connectivity index is 1.57. The van der Waals surface area contributed by atoms with Crippen LogP contribution in [-0.4, -0.2) is 57.7 Å². The van der Waals surface area contributed by atoms with E-state index in [0.29, 0.717) is 36.1 Å². The summed E-state index contributed by atoms with van der Waals surface area (Å²) in [5.41, 5.74) is 0.439. The van der Waals surface area contributed by atoms with Crippen molar-refractivity contribution in [2.24, 2.45) is 0 Å². The molecule has 1 amide bonds. The number of carboxylic acids is 1. The number of aliphatic carboxylic acids is 1. The Labute approximate surface area is 143 Å². The first-order valence-electron chi connectivity index (χ1n) is 8.15. The van der Waals surface area contributed by atoms with Gasteiger partial charge in [0.15, 0.2) is 6.10 Å². The van der Waals surface area contributed by atoms with E-state index < -0.39 is 12.1 Å². The van der Waals surface area contributed by atoms with Gasteiger partial charge in [-0.1, -0.05) is 12.1 Å². The Morgan fingerprint density at radius 2 is 2.16 bits per heavy atom. The van der Waals surface area contributed by atoms with Crippen LogP contribution in [0.25, 0.3) is 10.9 Å². The number of nitrogens with one attached hydrogen (secondary N) is 1. The molecule has 25 heavy (non-hydrogen) atoms. The summed E-state index contributed by atoms with van der Waals surface area (Å²) >= 11 is 0. The van der Waals surface area contributed by atoms with Gasteiger partial charge in [0.1, 0.15) is 5.82 Å². The maximum absolute atomic E-state index is 12.2. The lowest BCUT2D eigenvalue weighted by atomic mass is 10.2. The first-order valence-corrected chi connectivity index (χ1v) is 8.15. The normalized spacial score (nSPS) is 17.6. The number of nitrogens with zero attached hydrogens (tertiary/aromatic N) is 2. The fourth-order valence-corrected chi connectivity index (χ4v) is 2.84. The SMILES string of the molecule is O=C(O)C1CN(C(=O)CCCc2nc3ccccc3c(=O)[nH]2)CCO1. The fourth-order valence-electron chi connectivity index (χ4n) is 2.84. The van der Waals surface area contributed by atoms with Crippen molar-refractivity contribution in [2.45, 2.75) is 25.4 Å². The van der Waals surface area contributed by atoms with E-state index in [1.165, 1.54) is 4.90 Å². The molecule has 1 aliphatic heterocycles. The number of rotatable bonds is 5. The number of carbonyl (C=O) groups is 2. The fraction of sp³-hybridized carbons (Fsp3) is 0.412. The number of hydrogen-bond acceptors (Lipinski definition) is 5. The Morgan fingerprint density at radius 1 is 1.36 bits per heavy atom. The number of carbonyl (C=O) groups excluding carboxylic acids is 1. The van der Waals surface area contributed by atoms with Crippen LogP contribution in [0.3, 0.4) is 0 Å². The molecule has 2 aromatic rings. The number of para-hydroxylation sites is 1. The van der Waals surface area contributed by atoms with Gasteiger partial charge in [-0.05, 0) is 18.6 Å². The summed E-state index contributed by atoms with van der Waals surface area (Å²) in [7, 11) is 0. The number of benzene rings is 1. The summed E-state index contributed by atoms with van der Waals surface area (Å²) in [6, 6.07) is 7.09. The topological polar surface area (TPSA) is 113 Å². The number of carboxylic acid groups (broad SMARTS) is 1. The van der Waals surface area contributed by atoms with Crippen molar-refractivity contribution in [1.29, 1.82) is 0 Å². The maximum atomic E-state index is 12.2. The molecule has 8 nitrogen and oxygen atoms in total. The standard InChI is InChI=1S/C17H19N3O5/c21-15(20-8-9-25-13(10-20)17(23)24)7-3-6-14-18-12-5-2-1-4-11(12)16(22)19-14/h1-2,4-5,13H,3,6-10H2,(H,23,24)(H,18,19,22). The monoisotopic (exact) mass is 345 g/mol. The molecule has 3 rings (SSSR count). The molecule has 2 heterocycles. The van der Waals surface area contributed by atoms with Gasteiger partial charge in [0, 0.05) is 19.4 Å². The number of aromatic nitrogens is 2. The van der Waals surface area contributed by atoms with Gasteiger partial charge in [-0.3, -0.25) is 9.59 Å². The largest absolute Gasteiger partial charge is 0.479 e. The number of fused-ring (bicyclic) bond motifs is 1. The lowest BCUT2D eigenvalue weighted by Gasteiger charge is -2.30. The van der Waals surface area contributed by atoms with Gasteiger partial charge in [0.2, 0.25) is 5.91 Å². The van der Waals surface area contributed by atoms with Crippen molar-refractivity contribution in [3.8, 4) is 0 Å². The molecule has 1 fully saturated rings. The third kappa shape index (κ3) is 4.03. The summed E-state index contributed by atoms with van der Waals surface area (Å²) in [5, 5.41) is 9.51. The van der Waals surface area contributed by atoms with Crippen molar-refractivity contribution in [3.05, 3.63) is 40.4 Å². The van der Waals surface area contributed by atoms with E-state index in [2.05, 4.69) is 9.97 Å². The van der Waals surface area contributed by atoms with E-state index in [9.17, 15) is 14.4 Å². The number of morpholine rings is 1. The van der Waals surface area contributed by atoms with Crippen LogP contribution >= 0.6 is 0 Å². The highest BCUT2D eigenvalue weighted by Crippen LogP contribution is 2.10. The first kappa shape index (κ1) is 17.1. The first-order chi connectivity index (χ1) is 12.0. The van der Waals surface area contributed by atoms with Gasteiger partial charge in [0.25, 0.3) is 5.56 Å². The van der Waals surface area contributed by atoms with E-state index in [0.717, 1.165) is 0 Å². The molecule has 132 valence electrons. The smallest absolute Gasteiger partial charge is 0.334 e. The quantitative estimate of drug-likeness (QED) is 0.819. The zero-order valence-electron chi connectivity index (χ0n) is 13.6. The van der Waals surface area contributed by atoms with Gasteiger partial charge in [-0.25, -0.2) is 9.78 Å². The molecule has 1 aromatic heterocycles. The summed E-state index contributed by atoms with van der Waals surface area (Å²) in [5.74, 6) is -0.630. The molecule has 0 bridgehead atoms. The van der Waals surface area contributed by atoms with Crippen LogP contribution in [-0.2, 0) is 20.7 Å². The van der Waals surface area contributed by atoms with E-state index in [1.807, 2.05) is 6.07 Å². The summed E-state index contributed by atoms with van der Waals surface area (Å²) in [6.07, 6.45) is 0.299. The van der Waals surface area contributed by atoms with E-state index >= 15 is 0 Å². The third-order valence-corrected chi connectivity index (χ3v) is 4.16. The minimum Gasteiger partial charge on any atom is -0.479 e. The van der Waals surface area contributed by atoms with Crippen LogP contribution in [0.5, 0.6) is 0 Å². The number of H-pyrrole nitrogens is 1. The van der Waals surface area contributed by atoms with Gasteiger partial charge in [-0.2, -0.15) is 0 Å². The van der Waals surface area contributed by atoms with E-state index in [1.54, 1.807) is 18.2 Å².